The average Bonchev–Trinajstić information content (AvgIpc) is 2.70. The molecule has 0 radical (unpaired) electrons. The van der Waals surface area contributed by atoms with Gasteiger partial charge in [0, 0.05) is 23.6 Å². The van der Waals surface area contributed by atoms with Crippen molar-refractivity contribution in [2.45, 2.75) is 30.2 Å². The number of rotatable bonds is 6. The van der Waals surface area contributed by atoms with Gasteiger partial charge in [0.25, 0.3) is 0 Å². The Morgan fingerprint density at radius 3 is 2.39 bits per heavy atom. The number of nitrogens with zero attached hydrogens (tertiary/aromatic N) is 1. The van der Waals surface area contributed by atoms with Crippen molar-refractivity contribution in [2.24, 2.45) is 0 Å². The fourth-order valence-corrected chi connectivity index (χ4v) is 4.94. The van der Waals surface area contributed by atoms with Crippen LogP contribution in [0.15, 0.2) is 57.9 Å². The molecule has 2 aromatic rings. The number of sulfonamides is 1. The number of hydrogen-bond acceptors (Lipinski definition) is 4. The summed E-state index contributed by atoms with van der Waals surface area (Å²) in [6.07, 6.45) is 1.53. The lowest BCUT2D eigenvalue weighted by Crippen LogP contribution is -2.46. The molecule has 1 amide bonds. The first-order valence-corrected chi connectivity index (χ1v) is 11.3. The predicted octanol–water partition coefficient (Wildman–Crippen LogP) is 2.97. The summed E-state index contributed by atoms with van der Waals surface area (Å²) in [4.78, 5) is 14.6. The van der Waals surface area contributed by atoms with E-state index in [0.29, 0.717) is 38.1 Å². The van der Waals surface area contributed by atoms with Crippen LogP contribution >= 0.6 is 15.9 Å². The van der Waals surface area contributed by atoms with Gasteiger partial charge in [-0.3, -0.25) is 4.79 Å². The minimum Gasteiger partial charge on any atom is -0.497 e. The summed E-state index contributed by atoms with van der Waals surface area (Å²) in [5.74, 6) is 0.666. The summed E-state index contributed by atoms with van der Waals surface area (Å²) in [5, 5.41) is 0. The highest BCUT2D eigenvalue weighted by atomic mass is 79.9. The topological polar surface area (TPSA) is 75.7 Å². The van der Waals surface area contributed by atoms with Crippen molar-refractivity contribution in [1.82, 2.24) is 9.62 Å². The third kappa shape index (κ3) is 5.12. The van der Waals surface area contributed by atoms with Crippen LogP contribution in [0.25, 0.3) is 0 Å². The Labute approximate surface area is 174 Å². The summed E-state index contributed by atoms with van der Waals surface area (Å²) in [6.45, 7) is 1.08. The van der Waals surface area contributed by atoms with Crippen molar-refractivity contribution in [1.29, 1.82) is 0 Å². The van der Waals surface area contributed by atoms with Crippen LogP contribution in [0.1, 0.15) is 18.4 Å². The molecule has 1 heterocycles. The van der Waals surface area contributed by atoms with Gasteiger partial charge in [0.15, 0.2) is 0 Å². The van der Waals surface area contributed by atoms with E-state index in [2.05, 4.69) is 20.7 Å². The SMILES string of the molecule is COc1ccc(S(=O)(=O)NC2CCN(C(=O)Cc3ccccc3Br)CC2)cc1. The Morgan fingerprint density at radius 1 is 1.14 bits per heavy atom. The number of benzene rings is 2. The smallest absolute Gasteiger partial charge is 0.240 e. The maximum atomic E-state index is 12.6. The molecule has 3 rings (SSSR count). The monoisotopic (exact) mass is 466 g/mol. The normalized spacial score (nSPS) is 15.4. The van der Waals surface area contributed by atoms with Crippen LogP contribution in [-0.4, -0.2) is 45.5 Å². The van der Waals surface area contributed by atoms with Gasteiger partial charge in [-0.1, -0.05) is 34.1 Å². The maximum Gasteiger partial charge on any atom is 0.240 e. The first kappa shape index (κ1) is 20.8. The van der Waals surface area contributed by atoms with E-state index in [1.54, 1.807) is 17.0 Å². The van der Waals surface area contributed by atoms with Crippen LogP contribution in [-0.2, 0) is 21.2 Å². The fourth-order valence-electron chi connectivity index (χ4n) is 3.21. The molecule has 150 valence electrons. The summed E-state index contributed by atoms with van der Waals surface area (Å²) >= 11 is 3.47. The molecule has 0 unspecified atom stereocenters. The highest BCUT2D eigenvalue weighted by Gasteiger charge is 2.27. The molecule has 1 N–H and O–H groups in total. The summed E-state index contributed by atoms with van der Waals surface area (Å²) in [5.41, 5.74) is 0.954. The minimum atomic E-state index is -3.59. The number of likely N-dealkylation sites (tertiary alicyclic amines) is 1. The molecule has 1 aliphatic rings. The van der Waals surface area contributed by atoms with Crippen molar-refractivity contribution in [3.63, 3.8) is 0 Å². The zero-order valence-electron chi connectivity index (χ0n) is 15.6. The molecule has 1 aliphatic heterocycles. The van der Waals surface area contributed by atoms with Crippen LogP contribution in [0.2, 0.25) is 0 Å². The number of methoxy groups -OCH3 is 1. The van der Waals surface area contributed by atoms with E-state index < -0.39 is 10.0 Å². The van der Waals surface area contributed by atoms with Gasteiger partial charge in [0.05, 0.1) is 18.4 Å². The largest absolute Gasteiger partial charge is 0.497 e. The Hall–Kier alpha value is -1.90. The van der Waals surface area contributed by atoms with Crippen LogP contribution in [0.5, 0.6) is 5.75 Å². The van der Waals surface area contributed by atoms with Gasteiger partial charge in [-0.2, -0.15) is 0 Å². The summed E-state index contributed by atoms with van der Waals surface area (Å²) in [6, 6.07) is 13.8. The molecule has 28 heavy (non-hydrogen) atoms. The van der Waals surface area contributed by atoms with Crippen molar-refractivity contribution < 1.29 is 17.9 Å². The molecule has 1 saturated heterocycles. The van der Waals surface area contributed by atoms with Crippen molar-refractivity contribution >= 4 is 31.9 Å². The van der Waals surface area contributed by atoms with Crippen LogP contribution in [0, 0.1) is 0 Å². The van der Waals surface area contributed by atoms with Gasteiger partial charge in [-0.15, -0.1) is 0 Å². The van der Waals surface area contributed by atoms with E-state index >= 15 is 0 Å². The minimum absolute atomic E-state index is 0.0587. The third-order valence-electron chi connectivity index (χ3n) is 4.84. The van der Waals surface area contributed by atoms with Crippen LogP contribution in [0.4, 0.5) is 0 Å². The molecule has 6 nitrogen and oxygen atoms in total. The van der Waals surface area contributed by atoms with Gasteiger partial charge in [0.2, 0.25) is 15.9 Å². The van der Waals surface area contributed by atoms with Crippen LogP contribution in [0.3, 0.4) is 0 Å². The number of hydrogen-bond donors (Lipinski definition) is 1. The summed E-state index contributed by atoms with van der Waals surface area (Å²) in [7, 11) is -2.06. The number of carbonyl (C=O) groups is 1. The van der Waals surface area contributed by atoms with Crippen molar-refractivity contribution in [3.05, 3.63) is 58.6 Å². The molecule has 0 atom stereocenters. The molecule has 1 fully saturated rings. The van der Waals surface area contributed by atoms with E-state index in [9.17, 15) is 13.2 Å². The van der Waals surface area contributed by atoms with Crippen molar-refractivity contribution in [2.75, 3.05) is 20.2 Å². The van der Waals surface area contributed by atoms with Gasteiger partial charge >= 0.3 is 0 Å². The highest BCUT2D eigenvalue weighted by Crippen LogP contribution is 2.20. The van der Waals surface area contributed by atoms with Crippen molar-refractivity contribution in [3.8, 4) is 5.75 Å². The molecule has 8 heteroatoms. The Morgan fingerprint density at radius 2 is 1.79 bits per heavy atom. The van der Waals surface area contributed by atoms with Gasteiger partial charge in [0.1, 0.15) is 5.75 Å². The molecule has 0 bridgehead atoms. The lowest BCUT2D eigenvalue weighted by atomic mass is 10.0. The number of piperidine rings is 1. The molecule has 0 spiro atoms. The number of carbonyl (C=O) groups excluding carboxylic acids is 1. The summed E-state index contributed by atoms with van der Waals surface area (Å²) < 4.78 is 33.8. The van der Waals surface area contributed by atoms with E-state index in [0.717, 1.165) is 10.0 Å². The zero-order chi connectivity index (χ0) is 20.1. The third-order valence-corrected chi connectivity index (χ3v) is 7.15. The Bertz CT molecular complexity index is 923. The Kier molecular flexibility index (Phi) is 6.74. The second-order valence-corrected chi connectivity index (χ2v) is 9.29. The number of ether oxygens (including phenoxy) is 1. The quantitative estimate of drug-likeness (QED) is 0.709. The van der Waals surface area contributed by atoms with E-state index in [-0.39, 0.29) is 16.8 Å². The molecule has 0 aliphatic carbocycles. The zero-order valence-corrected chi connectivity index (χ0v) is 18.0. The molecular weight excluding hydrogens is 444 g/mol. The second kappa shape index (κ2) is 9.07. The average molecular weight is 467 g/mol. The van der Waals surface area contributed by atoms with Gasteiger partial charge < -0.3 is 9.64 Å². The second-order valence-electron chi connectivity index (χ2n) is 6.72. The Balaban J connectivity index is 1.54. The fraction of sp³-hybridized carbons (Fsp3) is 0.350. The van der Waals surface area contributed by atoms with Crippen LogP contribution < -0.4 is 9.46 Å². The van der Waals surface area contributed by atoms with E-state index in [1.807, 2.05) is 24.3 Å². The van der Waals surface area contributed by atoms with Gasteiger partial charge in [-0.25, -0.2) is 13.1 Å². The van der Waals surface area contributed by atoms with Gasteiger partial charge in [-0.05, 0) is 48.7 Å². The predicted molar refractivity (Wildman–Crippen MR) is 111 cm³/mol. The number of nitrogens with one attached hydrogen (secondary N) is 1. The lowest BCUT2D eigenvalue weighted by molar-refractivity contribution is -0.131. The lowest BCUT2D eigenvalue weighted by Gasteiger charge is -2.32. The number of amides is 1. The first-order valence-electron chi connectivity index (χ1n) is 9.06. The van der Waals surface area contributed by atoms with E-state index in [4.69, 9.17) is 4.74 Å². The molecule has 0 saturated carbocycles. The molecule has 2 aromatic carbocycles. The highest BCUT2D eigenvalue weighted by molar-refractivity contribution is 9.10. The maximum absolute atomic E-state index is 12.6. The van der Waals surface area contributed by atoms with E-state index in [1.165, 1.54) is 19.2 Å². The number of halogens is 1. The molecular formula is C20H23BrN2O4S. The standard InChI is InChI=1S/C20H23BrN2O4S/c1-27-17-6-8-18(9-7-17)28(25,26)22-16-10-12-23(13-11-16)20(24)14-15-4-2-3-5-19(15)21/h2-9,16,22H,10-14H2,1H3. The first-order chi connectivity index (χ1) is 13.4. The molecule has 0 aromatic heterocycles.